The monoisotopic (exact) mass is 815 g/mol. The van der Waals surface area contributed by atoms with E-state index in [1.54, 1.807) is 29.0 Å². The fraction of sp³-hybridized carbons (Fsp3) is 0.356. The van der Waals surface area contributed by atoms with E-state index in [-0.39, 0.29) is 61.0 Å². The maximum absolute atomic E-state index is 15.3. The summed E-state index contributed by atoms with van der Waals surface area (Å²) in [7, 11) is -1.01. The topological polar surface area (TPSA) is 167 Å². The Morgan fingerprint density at radius 3 is 2.59 bits per heavy atom. The second kappa shape index (κ2) is 15.7. The number of amides is 3. The molecule has 0 radical (unpaired) electrons. The number of ether oxygens (including phenoxy) is 2. The predicted molar refractivity (Wildman–Crippen MR) is 227 cm³/mol. The molecule has 3 N–H and O–H groups in total. The number of anilines is 2. The van der Waals surface area contributed by atoms with Crippen molar-refractivity contribution in [1.82, 2.24) is 9.88 Å². The van der Waals surface area contributed by atoms with Crippen molar-refractivity contribution in [3.63, 3.8) is 0 Å². The number of hydrogen-bond acceptors (Lipinski definition) is 8. The van der Waals surface area contributed by atoms with E-state index in [0.717, 1.165) is 33.6 Å². The van der Waals surface area contributed by atoms with Gasteiger partial charge < -0.3 is 34.7 Å². The van der Waals surface area contributed by atoms with Crippen molar-refractivity contribution in [2.75, 3.05) is 30.5 Å². The molecular formula is C45H49N5O8Si. The SMILES string of the molecule is COc1ccc([Si](C)(C)[C@H]2[C@H](CC(=O)N3CCC[C@H]3CO)O[C@@]3(C(=O)N(Cc4cccc(NC(=O)Cc5c[nH]c6ccccc56)c4)c4ccc([N+](=O)[O-])cc43)[C@@H]2C)cc1. The Bertz CT molecular complexity index is 2430. The molecule has 3 aliphatic rings. The van der Waals surface area contributed by atoms with Crippen molar-refractivity contribution >= 4 is 58.9 Å². The first-order valence-corrected chi connectivity index (χ1v) is 23.2. The minimum absolute atomic E-state index is 0.00231. The van der Waals surface area contributed by atoms with Gasteiger partial charge in [0.05, 0.1) is 63.9 Å². The number of nitro benzene ring substituents is 1. The van der Waals surface area contributed by atoms with Gasteiger partial charge in [-0.3, -0.25) is 24.5 Å². The predicted octanol–water partition coefficient (Wildman–Crippen LogP) is 6.40. The lowest BCUT2D eigenvalue weighted by molar-refractivity contribution is -0.385. The van der Waals surface area contributed by atoms with Gasteiger partial charge >= 0.3 is 0 Å². The van der Waals surface area contributed by atoms with Gasteiger partial charge in [0.2, 0.25) is 11.8 Å². The van der Waals surface area contributed by atoms with E-state index >= 15 is 4.79 Å². The number of aromatic nitrogens is 1. The van der Waals surface area contributed by atoms with Gasteiger partial charge in [0.15, 0.2) is 5.60 Å². The van der Waals surface area contributed by atoms with Crippen LogP contribution in [-0.4, -0.2) is 78.1 Å². The van der Waals surface area contributed by atoms with Crippen molar-refractivity contribution < 1.29 is 33.9 Å². The summed E-state index contributed by atoms with van der Waals surface area (Å²) in [5, 5.41) is 27.4. The highest BCUT2D eigenvalue weighted by Crippen LogP contribution is 2.60. The fourth-order valence-electron chi connectivity index (χ4n) is 10.0. The van der Waals surface area contributed by atoms with E-state index in [1.807, 2.05) is 79.9 Å². The molecule has 3 aliphatic heterocycles. The number of aliphatic hydroxyl groups is 1. The van der Waals surface area contributed by atoms with Crippen LogP contribution in [-0.2, 0) is 37.7 Å². The molecule has 2 fully saturated rings. The first kappa shape index (κ1) is 40.0. The summed E-state index contributed by atoms with van der Waals surface area (Å²) in [4.78, 5) is 61.1. The Labute approximate surface area is 343 Å². The van der Waals surface area contributed by atoms with Crippen LogP contribution in [0.1, 0.15) is 42.9 Å². The maximum atomic E-state index is 15.3. The largest absolute Gasteiger partial charge is 0.497 e. The zero-order valence-electron chi connectivity index (χ0n) is 33.6. The molecule has 0 bridgehead atoms. The molecule has 14 heteroatoms. The van der Waals surface area contributed by atoms with Crippen molar-refractivity contribution in [2.45, 2.75) is 75.5 Å². The highest BCUT2D eigenvalue weighted by atomic mass is 28.3. The van der Waals surface area contributed by atoms with Crippen LogP contribution >= 0.6 is 0 Å². The van der Waals surface area contributed by atoms with Crippen molar-refractivity contribution in [3.05, 3.63) is 124 Å². The Hall–Kier alpha value is -5.83. The first-order valence-electron chi connectivity index (χ1n) is 20.1. The number of rotatable bonds is 12. The fourth-order valence-corrected chi connectivity index (χ4v) is 14.0. The van der Waals surface area contributed by atoms with Crippen LogP contribution in [0.5, 0.6) is 5.75 Å². The van der Waals surface area contributed by atoms with Crippen LogP contribution in [0.4, 0.5) is 17.1 Å². The quantitative estimate of drug-likeness (QED) is 0.0739. The molecule has 1 spiro atoms. The van der Waals surface area contributed by atoms with Crippen LogP contribution in [0.3, 0.4) is 0 Å². The number of aliphatic hydroxyl groups excluding tert-OH is 1. The molecule has 3 amide bonds. The Kier molecular flexibility index (Phi) is 10.7. The van der Waals surface area contributed by atoms with Crippen LogP contribution in [0.15, 0.2) is 97.2 Å². The first-order chi connectivity index (χ1) is 28.3. The van der Waals surface area contributed by atoms with Crippen molar-refractivity contribution in [1.29, 1.82) is 0 Å². The van der Waals surface area contributed by atoms with Gasteiger partial charge in [-0.2, -0.15) is 0 Å². The zero-order valence-corrected chi connectivity index (χ0v) is 34.6. The molecule has 0 unspecified atom stereocenters. The molecule has 0 aliphatic carbocycles. The van der Waals surface area contributed by atoms with Crippen molar-refractivity contribution in [3.8, 4) is 5.75 Å². The number of carbonyl (C=O) groups is 3. The molecule has 4 heterocycles. The smallest absolute Gasteiger partial charge is 0.269 e. The molecule has 8 rings (SSSR count). The number of likely N-dealkylation sites (tertiary alicyclic amines) is 1. The van der Waals surface area contributed by atoms with Crippen molar-refractivity contribution in [2.24, 2.45) is 5.92 Å². The number of methoxy groups -OCH3 is 1. The molecule has 5 aromatic rings. The maximum Gasteiger partial charge on any atom is 0.269 e. The molecule has 1 aromatic heterocycles. The van der Waals surface area contributed by atoms with Crippen LogP contribution in [0.2, 0.25) is 18.6 Å². The van der Waals surface area contributed by atoms with Gasteiger partial charge in [0.1, 0.15) is 5.75 Å². The second-order valence-corrected chi connectivity index (χ2v) is 21.2. The summed E-state index contributed by atoms with van der Waals surface area (Å²) in [5.74, 6) is -0.482. The molecule has 306 valence electrons. The number of fused-ring (bicyclic) bond motifs is 3. The van der Waals surface area contributed by atoms with Gasteiger partial charge in [-0.25, -0.2) is 0 Å². The third-order valence-electron chi connectivity index (χ3n) is 12.9. The number of H-pyrrole nitrogens is 1. The van der Waals surface area contributed by atoms with Gasteiger partial charge in [0, 0.05) is 52.9 Å². The lowest BCUT2D eigenvalue weighted by Gasteiger charge is -2.37. The van der Waals surface area contributed by atoms with Gasteiger partial charge in [0.25, 0.3) is 11.6 Å². The molecule has 5 atom stereocenters. The number of non-ortho nitro benzene ring substituents is 1. The number of hydrogen-bond donors (Lipinski definition) is 3. The average molecular weight is 816 g/mol. The normalized spacial score (nSPS) is 22.6. The highest BCUT2D eigenvalue weighted by molar-refractivity contribution is 6.91. The third kappa shape index (κ3) is 7.08. The number of aromatic amines is 1. The van der Waals surface area contributed by atoms with E-state index in [9.17, 15) is 24.8 Å². The van der Waals surface area contributed by atoms with E-state index in [2.05, 4.69) is 23.4 Å². The van der Waals surface area contributed by atoms with Crippen LogP contribution in [0, 0.1) is 16.0 Å². The zero-order chi connectivity index (χ0) is 41.6. The molecule has 4 aromatic carbocycles. The van der Waals surface area contributed by atoms with E-state index in [1.165, 1.54) is 12.1 Å². The number of nitrogens with zero attached hydrogens (tertiary/aromatic N) is 3. The van der Waals surface area contributed by atoms with Gasteiger partial charge in [-0.1, -0.05) is 67.7 Å². The Balaban J connectivity index is 1.13. The van der Waals surface area contributed by atoms with E-state index in [0.29, 0.717) is 35.7 Å². The number of nitro groups is 1. The summed E-state index contributed by atoms with van der Waals surface area (Å²) in [6.07, 6.45) is 2.81. The summed E-state index contributed by atoms with van der Waals surface area (Å²) < 4.78 is 12.6. The van der Waals surface area contributed by atoms with E-state index in [4.69, 9.17) is 9.47 Å². The van der Waals surface area contributed by atoms with Crippen LogP contribution in [0.25, 0.3) is 10.9 Å². The number of benzene rings is 4. The second-order valence-electron chi connectivity index (χ2n) is 16.6. The highest BCUT2D eigenvalue weighted by Gasteiger charge is 2.67. The molecular weight excluding hydrogens is 767 g/mol. The lowest BCUT2D eigenvalue weighted by Crippen LogP contribution is -2.52. The lowest BCUT2D eigenvalue weighted by atomic mass is 9.82. The minimum atomic E-state index is -2.63. The summed E-state index contributed by atoms with van der Waals surface area (Å²) in [6.45, 7) is 6.91. The number of para-hydroxylation sites is 1. The van der Waals surface area contributed by atoms with E-state index < -0.39 is 30.6 Å². The van der Waals surface area contributed by atoms with Gasteiger partial charge in [-0.15, -0.1) is 0 Å². The molecule has 59 heavy (non-hydrogen) atoms. The minimum Gasteiger partial charge on any atom is -0.497 e. The van der Waals surface area contributed by atoms with Crippen LogP contribution < -0.4 is 20.1 Å². The molecule has 13 nitrogen and oxygen atoms in total. The number of nitrogens with one attached hydrogen (secondary N) is 2. The summed E-state index contributed by atoms with van der Waals surface area (Å²) in [6, 6.07) is 27.2. The summed E-state index contributed by atoms with van der Waals surface area (Å²) >= 11 is 0. The molecule has 2 saturated heterocycles. The van der Waals surface area contributed by atoms with Gasteiger partial charge in [-0.05, 0) is 65.9 Å². The standard InChI is InChI=1S/C45H49N5O8Si/c1-28-43(59(3,4)35-17-15-34(57-2)16-18-35)40(24-42(53)48-20-8-11-33(48)27-51)58-45(28)37-23-32(50(55)56)14-19-39(37)49(44(45)54)26-29-9-7-10-31(21-29)47-41(52)22-30-25-46-38-13-6-5-12-36(30)38/h5-7,9-10,12-19,21,23,25,28,33,40,43,46,51H,8,11,20,22,24,26-27H2,1-4H3,(H,47,52)/t28-,33+,40+,43-,45+/m1/s1. The number of carbonyl (C=O) groups excluding carboxylic acids is 3. The molecule has 0 saturated carbocycles. The average Bonchev–Trinajstić information content (AvgIpc) is 3.99. The summed E-state index contributed by atoms with van der Waals surface area (Å²) in [5.41, 5.74) is 1.96. The Morgan fingerprint density at radius 2 is 1.85 bits per heavy atom. The third-order valence-corrected chi connectivity index (χ3v) is 17.3. The Morgan fingerprint density at radius 1 is 1.07 bits per heavy atom.